The third-order valence-electron chi connectivity index (χ3n) is 4.23. The molecule has 0 fully saturated rings. The number of anilines is 1. The minimum atomic E-state index is -0.309. The Bertz CT molecular complexity index is 806. The van der Waals surface area contributed by atoms with Crippen LogP contribution >= 0.6 is 0 Å². The van der Waals surface area contributed by atoms with Gasteiger partial charge in [0.1, 0.15) is 6.61 Å². The minimum absolute atomic E-state index is 0.126. The number of allylic oxidation sites excluding steroid dienone is 2. The van der Waals surface area contributed by atoms with Crippen molar-refractivity contribution in [2.75, 3.05) is 11.5 Å². The van der Waals surface area contributed by atoms with E-state index in [1.165, 1.54) is 0 Å². The van der Waals surface area contributed by atoms with Gasteiger partial charge in [0.05, 0.1) is 5.57 Å². The number of benzene rings is 2. The van der Waals surface area contributed by atoms with Gasteiger partial charge in [-0.25, -0.2) is 4.79 Å². The van der Waals surface area contributed by atoms with Crippen molar-refractivity contribution in [1.82, 2.24) is 0 Å². The Morgan fingerprint density at radius 1 is 1.12 bits per heavy atom. The van der Waals surface area contributed by atoms with Crippen LogP contribution in [-0.2, 0) is 9.53 Å². The standard InChI is InChI=1S/C22H21NO2/c1-3-16-25-22(24)21-17(2)23(19-12-8-5-9-13-19)15-14-20(21)18-10-6-4-7-11-18/h3-15,20H,1,16H2,2H3. The maximum absolute atomic E-state index is 12.7. The van der Waals surface area contributed by atoms with Gasteiger partial charge < -0.3 is 9.64 Å². The minimum Gasteiger partial charge on any atom is -0.458 e. The van der Waals surface area contributed by atoms with Crippen molar-refractivity contribution in [3.8, 4) is 0 Å². The lowest BCUT2D eigenvalue weighted by atomic mass is 9.87. The van der Waals surface area contributed by atoms with Crippen LogP contribution in [0.25, 0.3) is 0 Å². The molecule has 2 aromatic rings. The van der Waals surface area contributed by atoms with Crippen molar-refractivity contribution in [1.29, 1.82) is 0 Å². The lowest BCUT2D eigenvalue weighted by molar-refractivity contribution is -0.138. The number of esters is 1. The van der Waals surface area contributed by atoms with Gasteiger partial charge >= 0.3 is 5.97 Å². The highest BCUT2D eigenvalue weighted by molar-refractivity contribution is 5.93. The zero-order chi connectivity index (χ0) is 17.6. The largest absolute Gasteiger partial charge is 0.458 e. The lowest BCUT2D eigenvalue weighted by Gasteiger charge is -2.31. The van der Waals surface area contributed by atoms with Gasteiger partial charge in [0.2, 0.25) is 0 Å². The smallest absolute Gasteiger partial charge is 0.337 e. The summed E-state index contributed by atoms with van der Waals surface area (Å²) in [5.74, 6) is -0.435. The van der Waals surface area contributed by atoms with Crippen LogP contribution in [0.15, 0.2) is 96.9 Å². The van der Waals surface area contributed by atoms with Crippen LogP contribution in [0.2, 0.25) is 0 Å². The molecule has 0 N–H and O–H groups in total. The van der Waals surface area contributed by atoms with E-state index in [4.69, 9.17) is 4.74 Å². The molecule has 3 rings (SSSR count). The number of carbonyl (C=O) groups excluding carboxylic acids is 1. The van der Waals surface area contributed by atoms with Gasteiger partial charge in [0.25, 0.3) is 0 Å². The third-order valence-corrected chi connectivity index (χ3v) is 4.23. The Balaban J connectivity index is 2.04. The Kier molecular flexibility index (Phi) is 5.14. The van der Waals surface area contributed by atoms with Crippen LogP contribution in [0, 0.1) is 0 Å². The zero-order valence-electron chi connectivity index (χ0n) is 14.3. The van der Waals surface area contributed by atoms with Crippen LogP contribution in [0.1, 0.15) is 18.4 Å². The molecule has 0 aromatic heterocycles. The van der Waals surface area contributed by atoms with Crippen molar-refractivity contribution < 1.29 is 9.53 Å². The van der Waals surface area contributed by atoms with E-state index >= 15 is 0 Å². The van der Waals surface area contributed by atoms with Gasteiger partial charge in [-0.1, -0.05) is 67.3 Å². The zero-order valence-corrected chi connectivity index (χ0v) is 14.3. The summed E-state index contributed by atoms with van der Waals surface area (Å²) in [5, 5.41) is 0. The molecule has 0 radical (unpaired) electrons. The quantitative estimate of drug-likeness (QED) is 0.582. The van der Waals surface area contributed by atoms with Gasteiger partial charge in [-0.3, -0.25) is 0 Å². The number of hydrogen-bond acceptors (Lipinski definition) is 3. The highest BCUT2D eigenvalue weighted by atomic mass is 16.5. The van der Waals surface area contributed by atoms with Crippen molar-refractivity contribution in [3.63, 3.8) is 0 Å². The molecule has 25 heavy (non-hydrogen) atoms. The molecule has 1 aliphatic rings. The van der Waals surface area contributed by atoms with Crippen molar-refractivity contribution >= 4 is 11.7 Å². The molecule has 1 unspecified atom stereocenters. The summed E-state index contributed by atoms with van der Waals surface area (Å²) in [6.45, 7) is 5.77. The van der Waals surface area contributed by atoms with Crippen LogP contribution in [0.3, 0.4) is 0 Å². The average molecular weight is 331 g/mol. The Hall–Kier alpha value is -3.07. The van der Waals surface area contributed by atoms with E-state index in [-0.39, 0.29) is 18.5 Å². The normalized spacial score (nSPS) is 16.7. The SMILES string of the molecule is C=CCOC(=O)C1=C(C)N(c2ccccc2)C=CC1c1ccccc1. The average Bonchev–Trinajstić information content (AvgIpc) is 2.67. The maximum Gasteiger partial charge on any atom is 0.337 e. The Labute approximate surface area is 148 Å². The van der Waals surface area contributed by atoms with Gasteiger partial charge in [-0.2, -0.15) is 0 Å². The molecule has 2 aromatic carbocycles. The molecular formula is C22H21NO2. The van der Waals surface area contributed by atoms with Crippen LogP contribution in [0.4, 0.5) is 5.69 Å². The summed E-state index contributed by atoms with van der Waals surface area (Å²) in [6, 6.07) is 20.0. The summed E-state index contributed by atoms with van der Waals surface area (Å²) < 4.78 is 5.36. The maximum atomic E-state index is 12.7. The van der Waals surface area contributed by atoms with E-state index in [1.807, 2.05) is 84.8 Å². The van der Waals surface area contributed by atoms with Gasteiger partial charge in [0.15, 0.2) is 0 Å². The van der Waals surface area contributed by atoms with Gasteiger partial charge in [-0.15, -0.1) is 0 Å². The van der Waals surface area contributed by atoms with Crippen LogP contribution in [-0.4, -0.2) is 12.6 Å². The van der Waals surface area contributed by atoms with Crippen LogP contribution < -0.4 is 4.90 Å². The second kappa shape index (κ2) is 7.67. The van der Waals surface area contributed by atoms with E-state index in [0.29, 0.717) is 5.57 Å². The number of rotatable bonds is 5. The molecule has 3 nitrogen and oxygen atoms in total. The van der Waals surface area contributed by atoms with E-state index < -0.39 is 0 Å². The first kappa shape index (κ1) is 16.8. The highest BCUT2D eigenvalue weighted by Gasteiger charge is 2.29. The Morgan fingerprint density at radius 3 is 2.40 bits per heavy atom. The fraction of sp³-hybridized carbons (Fsp3) is 0.136. The molecule has 126 valence electrons. The summed E-state index contributed by atoms with van der Waals surface area (Å²) in [6.07, 6.45) is 5.64. The number of carbonyl (C=O) groups is 1. The molecule has 0 saturated heterocycles. The topological polar surface area (TPSA) is 29.5 Å². The molecule has 1 aliphatic heterocycles. The van der Waals surface area contributed by atoms with E-state index in [1.54, 1.807) is 6.08 Å². The van der Waals surface area contributed by atoms with Crippen molar-refractivity contribution in [2.45, 2.75) is 12.8 Å². The molecule has 3 heteroatoms. The fourth-order valence-electron chi connectivity index (χ4n) is 3.03. The summed E-state index contributed by atoms with van der Waals surface area (Å²) in [4.78, 5) is 14.8. The van der Waals surface area contributed by atoms with E-state index in [2.05, 4.69) is 6.58 Å². The number of para-hydroxylation sites is 1. The monoisotopic (exact) mass is 331 g/mol. The van der Waals surface area contributed by atoms with E-state index in [9.17, 15) is 4.79 Å². The number of ether oxygens (including phenoxy) is 1. The molecule has 0 aliphatic carbocycles. The van der Waals surface area contributed by atoms with Crippen molar-refractivity contribution in [2.24, 2.45) is 0 Å². The summed E-state index contributed by atoms with van der Waals surface area (Å²) in [5.41, 5.74) is 3.60. The number of hydrogen-bond donors (Lipinski definition) is 0. The lowest BCUT2D eigenvalue weighted by Crippen LogP contribution is -2.26. The number of nitrogens with zero attached hydrogens (tertiary/aromatic N) is 1. The molecular weight excluding hydrogens is 310 g/mol. The first-order valence-corrected chi connectivity index (χ1v) is 8.28. The molecule has 1 heterocycles. The summed E-state index contributed by atoms with van der Waals surface area (Å²) in [7, 11) is 0. The van der Waals surface area contributed by atoms with Crippen molar-refractivity contribution in [3.05, 3.63) is 102 Å². The first-order valence-electron chi connectivity index (χ1n) is 8.28. The highest BCUT2D eigenvalue weighted by Crippen LogP contribution is 2.36. The molecule has 0 amide bonds. The predicted molar refractivity (Wildman–Crippen MR) is 101 cm³/mol. The van der Waals surface area contributed by atoms with Gasteiger partial charge in [0, 0.05) is 23.5 Å². The molecule has 1 atom stereocenters. The molecule has 0 spiro atoms. The van der Waals surface area contributed by atoms with Gasteiger partial charge in [-0.05, 0) is 24.6 Å². The first-order chi connectivity index (χ1) is 12.2. The summed E-state index contributed by atoms with van der Waals surface area (Å²) >= 11 is 0. The van der Waals surface area contributed by atoms with Crippen LogP contribution in [0.5, 0.6) is 0 Å². The fourth-order valence-corrected chi connectivity index (χ4v) is 3.03. The molecule has 0 saturated carbocycles. The third kappa shape index (κ3) is 3.56. The Morgan fingerprint density at radius 2 is 1.76 bits per heavy atom. The predicted octanol–water partition coefficient (Wildman–Crippen LogP) is 4.81. The van der Waals surface area contributed by atoms with E-state index in [0.717, 1.165) is 16.9 Å². The second-order valence-corrected chi connectivity index (χ2v) is 5.82. The second-order valence-electron chi connectivity index (χ2n) is 5.82. The molecule has 0 bridgehead atoms.